The molecule has 4 aromatic heterocycles. The summed E-state index contributed by atoms with van der Waals surface area (Å²) in [6, 6.07) is 0. The molecule has 0 aliphatic rings. The van der Waals surface area contributed by atoms with Crippen molar-refractivity contribution in [3.8, 4) is 0 Å². The molecule has 12 heteroatoms. The van der Waals surface area contributed by atoms with E-state index >= 15 is 0 Å². The van der Waals surface area contributed by atoms with Crippen LogP contribution in [0.4, 0.5) is 0 Å². The van der Waals surface area contributed by atoms with Crippen LogP contribution in [0.3, 0.4) is 0 Å². The van der Waals surface area contributed by atoms with Gasteiger partial charge in [0.25, 0.3) is 0 Å². The lowest BCUT2D eigenvalue weighted by molar-refractivity contribution is 0.300. The van der Waals surface area contributed by atoms with E-state index in [1.165, 1.54) is 0 Å². The van der Waals surface area contributed by atoms with Crippen molar-refractivity contribution in [1.29, 1.82) is 0 Å². The maximum atomic E-state index is 5.12. The minimum atomic E-state index is 0.339. The number of aryl methyl sites for hydroxylation is 4. The zero-order valence-corrected chi connectivity index (χ0v) is 23.5. The summed E-state index contributed by atoms with van der Waals surface area (Å²) in [4.78, 5) is 8.06. The minimum absolute atomic E-state index is 0.339. The van der Waals surface area contributed by atoms with Crippen molar-refractivity contribution in [1.82, 2.24) is 40.8 Å². The van der Waals surface area contributed by atoms with E-state index in [1.807, 2.05) is 55.4 Å². The molecule has 0 bridgehead atoms. The van der Waals surface area contributed by atoms with Crippen LogP contribution in [0.2, 0.25) is 0 Å². The van der Waals surface area contributed by atoms with Gasteiger partial charge in [0, 0.05) is 37.5 Å². The summed E-state index contributed by atoms with van der Waals surface area (Å²) < 4.78 is 19.3. The zero-order valence-electron chi connectivity index (χ0n) is 23.5. The molecule has 0 aliphatic heterocycles. The zero-order chi connectivity index (χ0) is 27.4. The third-order valence-electron chi connectivity index (χ3n) is 4.37. The molecule has 4 aromatic rings. The average molecular weight is 505 g/mol. The molecule has 0 unspecified atom stereocenters. The Hall–Kier alpha value is -3.44. The molecule has 0 saturated heterocycles. The predicted molar refractivity (Wildman–Crippen MR) is 132 cm³/mol. The first-order chi connectivity index (χ1) is 16.8. The minimum Gasteiger partial charge on any atom is -0.425 e. The second-order valence-electron chi connectivity index (χ2n) is 9.36. The van der Waals surface area contributed by atoms with Gasteiger partial charge in [0.05, 0.1) is 0 Å². The largest absolute Gasteiger partial charge is 0.425 e. The SMILES string of the molecule is Cc1nc(C(C)C)no1.Cc1nnc(C(C)C)o1.Cc1noc(C(C)C)n1.Cc1nonc1C(C)C. The first-order valence-corrected chi connectivity index (χ1v) is 12.0. The van der Waals surface area contributed by atoms with Crippen molar-refractivity contribution < 1.29 is 18.1 Å². The highest BCUT2D eigenvalue weighted by Crippen LogP contribution is 2.13. The Morgan fingerprint density at radius 3 is 1.42 bits per heavy atom. The summed E-state index contributed by atoms with van der Waals surface area (Å²) in [5.41, 5.74) is 1.85. The number of hydrogen-bond donors (Lipinski definition) is 0. The summed E-state index contributed by atoms with van der Waals surface area (Å²) in [5, 5.41) is 22.3. The van der Waals surface area contributed by atoms with E-state index in [4.69, 9.17) is 13.5 Å². The van der Waals surface area contributed by atoms with E-state index in [-0.39, 0.29) is 0 Å². The summed E-state index contributed by atoms with van der Waals surface area (Å²) >= 11 is 0. The fraction of sp³-hybridized carbons (Fsp3) is 0.667. The molecule has 200 valence electrons. The number of hydrogen-bond acceptors (Lipinski definition) is 12. The van der Waals surface area contributed by atoms with Gasteiger partial charge in [0.2, 0.25) is 23.6 Å². The molecular formula is C24H40N8O4. The van der Waals surface area contributed by atoms with Gasteiger partial charge in [-0.3, -0.25) is 0 Å². The average Bonchev–Trinajstić information content (AvgIpc) is 3.58. The number of nitrogens with zero attached hydrogens (tertiary/aromatic N) is 8. The van der Waals surface area contributed by atoms with Crippen molar-refractivity contribution in [3.63, 3.8) is 0 Å². The fourth-order valence-electron chi connectivity index (χ4n) is 2.40. The first-order valence-electron chi connectivity index (χ1n) is 12.0. The molecule has 0 N–H and O–H groups in total. The van der Waals surface area contributed by atoms with Crippen LogP contribution in [0.5, 0.6) is 0 Å². The summed E-state index contributed by atoms with van der Waals surface area (Å²) in [5.74, 6) is 5.65. The molecule has 0 aliphatic carbocycles. The second kappa shape index (κ2) is 14.8. The maximum absolute atomic E-state index is 5.12. The van der Waals surface area contributed by atoms with Gasteiger partial charge in [-0.25, -0.2) is 4.63 Å². The second-order valence-corrected chi connectivity index (χ2v) is 9.36. The standard InChI is InChI=1S/4C6H10N2O/c1-4(2)6-8-7-5(3)9-6;1-4(2)6-7-5(3)9-8-6;1-4(2)6-7-5(3)8-9-6;1-4(2)6-5(3)7-9-8-6/h4*4H,1-3H3. The summed E-state index contributed by atoms with van der Waals surface area (Å²) in [6.07, 6.45) is 0. The molecule has 4 heterocycles. The Labute approximate surface area is 212 Å². The Kier molecular flexibility index (Phi) is 12.6. The molecular weight excluding hydrogens is 464 g/mol. The van der Waals surface area contributed by atoms with Crippen LogP contribution < -0.4 is 0 Å². The van der Waals surface area contributed by atoms with Crippen LogP contribution in [0.15, 0.2) is 18.1 Å². The summed E-state index contributed by atoms with van der Waals surface area (Å²) in [6.45, 7) is 23.6. The van der Waals surface area contributed by atoms with Crippen LogP contribution >= 0.6 is 0 Å². The van der Waals surface area contributed by atoms with Gasteiger partial charge in [0.1, 0.15) is 11.4 Å². The van der Waals surface area contributed by atoms with Crippen molar-refractivity contribution in [2.24, 2.45) is 0 Å². The van der Waals surface area contributed by atoms with Crippen molar-refractivity contribution in [3.05, 3.63) is 46.6 Å². The van der Waals surface area contributed by atoms with Gasteiger partial charge in [-0.1, -0.05) is 76.0 Å². The third kappa shape index (κ3) is 10.9. The van der Waals surface area contributed by atoms with Gasteiger partial charge in [-0.2, -0.15) is 9.97 Å². The highest BCUT2D eigenvalue weighted by Gasteiger charge is 2.08. The smallest absolute Gasteiger partial charge is 0.229 e. The summed E-state index contributed by atoms with van der Waals surface area (Å²) in [7, 11) is 0. The molecule has 0 radical (unpaired) electrons. The Morgan fingerprint density at radius 2 is 1.19 bits per heavy atom. The molecule has 0 atom stereocenters. The lowest BCUT2D eigenvalue weighted by atomic mass is 10.1. The normalized spacial score (nSPS) is 10.7. The Balaban J connectivity index is 0.000000240. The van der Waals surface area contributed by atoms with E-state index in [9.17, 15) is 0 Å². The van der Waals surface area contributed by atoms with Gasteiger partial charge in [-0.05, 0) is 13.8 Å². The molecule has 0 fully saturated rings. The van der Waals surface area contributed by atoms with E-state index in [0.717, 1.165) is 17.2 Å². The Morgan fingerprint density at radius 1 is 0.556 bits per heavy atom. The molecule has 0 amide bonds. The molecule has 12 nitrogen and oxygen atoms in total. The topological polar surface area (TPSA) is 156 Å². The van der Waals surface area contributed by atoms with Gasteiger partial charge in [-0.15, -0.1) is 10.2 Å². The van der Waals surface area contributed by atoms with E-state index < -0.39 is 0 Å². The number of rotatable bonds is 4. The molecule has 0 aromatic carbocycles. The maximum Gasteiger partial charge on any atom is 0.229 e. The van der Waals surface area contributed by atoms with Gasteiger partial charge in [0.15, 0.2) is 11.6 Å². The molecule has 4 rings (SSSR count). The van der Waals surface area contributed by atoms with E-state index in [2.05, 4.69) is 59.3 Å². The first kappa shape index (κ1) is 30.6. The van der Waals surface area contributed by atoms with Gasteiger partial charge >= 0.3 is 0 Å². The monoisotopic (exact) mass is 504 g/mol. The van der Waals surface area contributed by atoms with Crippen LogP contribution in [0, 0.1) is 27.7 Å². The van der Waals surface area contributed by atoms with Crippen molar-refractivity contribution in [2.45, 2.75) is 107 Å². The fourth-order valence-corrected chi connectivity index (χ4v) is 2.40. The quantitative estimate of drug-likeness (QED) is 0.319. The third-order valence-corrected chi connectivity index (χ3v) is 4.37. The molecule has 0 saturated carbocycles. The lowest BCUT2D eigenvalue weighted by Crippen LogP contribution is -1.89. The van der Waals surface area contributed by atoms with Crippen molar-refractivity contribution >= 4 is 0 Å². The van der Waals surface area contributed by atoms with Crippen molar-refractivity contribution in [2.75, 3.05) is 0 Å². The van der Waals surface area contributed by atoms with E-state index in [1.54, 1.807) is 13.8 Å². The van der Waals surface area contributed by atoms with Crippen LogP contribution in [0.25, 0.3) is 0 Å². The Bertz CT molecular complexity index is 1020. The van der Waals surface area contributed by atoms with Crippen LogP contribution in [-0.4, -0.2) is 40.8 Å². The highest BCUT2D eigenvalue weighted by molar-refractivity contribution is 5.08. The van der Waals surface area contributed by atoms with Crippen LogP contribution in [0.1, 0.15) is 126 Å². The van der Waals surface area contributed by atoms with Crippen LogP contribution in [-0.2, 0) is 0 Å². The van der Waals surface area contributed by atoms with E-state index in [0.29, 0.717) is 53.1 Å². The molecule has 36 heavy (non-hydrogen) atoms. The predicted octanol–water partition coefficient (Wildman–Crippen LogP) is 6.01. The lowest BCUT2D eigenvalue weighted by Gasteiger charge is -1.94. The number of aromatic nitrogens is 8. The van der Waals surface area contributed by atoms with Gasteiger partial charge < -0.3 is 13.5 Å². The molecule has 0 spiro atoms. The highest BCUT2D eigenvalue weighted by atomic mass is 16.6.